The van der Waals surface area contributed by atoms with Gasteiger partial charge in [0.05, 0.1) is 0 Å². The largest absolute Gasteiger partial charge is 0.396 e. The Labute approximate surface area is 82.9 Å². The normalized spacial score (nSPS) is 12.1. The summed E-state index contributed by atoms with van der Waals surface area (Å²) in [7, 11) is 0. The van der Waals surface area contributed by atoms with Crippen LogP contribution in [0.4, 0.5) is 0 Å². The Morgan fingerprint density at radius 3 is 2.46 bits per heavy atom. The van der Waals surface area contributed by atoms with Gasteiger partial charge in [-0.25, -0.2) is 0 Å². The van der Waals surface area contributed by atoms with Crippen LogP contribution in [0.2, 0.25) is 0 Å². The number of aliphatic hydroxyl groups is 1. The molecule has 0 bridgehead atoms. The smallest absolute Gasteiger partial charge is 0.0465 e. The van der Waals surface area contributed by atoms with Crippen molar-refractivity contribution < 1.29 is 5.11 Å². The Balaban J connectivity index is 3.47. The molecule has 1 N–H and O–H groups in total. The van der Waals surface area contributed by atoms with Crippen LogP contribution in [0.15, 0.2) is 11.6 Å². The van der Waals surface area contributed by atoms with Gasteiger partial charge in [-0.2, -0.15) is 0 Å². The van der Waals surface area contributed by atoms with Crippen molar-refractivity contribution in [2.45, 2.75) is 58.8 Å². The van der Waals surface area contributed by atoms with Crippen molar-refractivity contribution in [1.82, 2.24) is 0 Å². The summed E-state index contributed by atoms with van der Waals surface area (Å²) in [4.78, 5) is 0. The second-order valence-corrected chi connectivity index (χ2v) is 3.54. The number of aliphatic hydroxyl groups excluding tert-OH is 1. The molecule has 78 valence electrons. The molecular formula is C12H24O. The molecule has 1 nitrogen and oxygen atoms in total. The van der Waals surface area contributed by atoms with Crippen molar-refractivity contribution in [2.24, 2.45) is 0 Å². The van der Waals surface area contributed by atoms with Gasteiger partial charge in [-0.15, -0.1) is 0 Å². The van der Waals surface area contributed by atoms with Gasteiger partial charge in [-0.1, -0.05) is 44.8 Å². The van der Waals surface area contributed by atoms with Gasteiger partial charge in [0.2, 0.25) is 0 Å². The molecule has 0 aromatic carbocycles. The zero-order valence-corrected chi connectivity index (χ0v) is 9.18. The van der Waals surface area contributed by atoms with E-state index in [0.717, 1.165) is 12.8 Å². The van der Waals surface area contributed by atoms with E-state index in [4.69, 9.17) is 5.11 Å². The zero-order chi connectivity index (χ0) is 9.94. The first-order valence-corrected chi connectivity index (χ1v) is 5.63. The van der Waals surface area contributed by atoms with Gasteiger partial charge < -0.3 is 5.11 Å². The van der Waals surface area contributed by atoms with E-state index >= 15 is 0 Å². The topological polar surface area (TPSA) is 20.2 Å². The molecule has 1 heteroatoms. The van der Waals surface area contributed by atoms with E-state index in [2.05, 4.69) is 19.9 Å². The van der Waals surface area contributed by atoms with Crippen LogP contribution in [0, 0.1) is 0 Å². The van der Waals surface area contributed by atoms with Crippen LogP contribution < -0.4 is 0 Å². The van der Waals surface area contributed by atoms with E-state index in [9.17, 15) is 0 Å². The lowest BCUT2D eigenvalue weighted by Crippen LogP contribution is -1.86. The molecule has 0 aliphatic rings. The summed E-state index contributed by atoms with van der Waals surface area (Å²) in [5.41, 5.74) is 1.52. The Hall–Kier alpha value is -0.300. The minimum absolute atomic E-state index is 0.290. The highest BCUT2D eigenvalue weighted by molar-refractivity contribution is 5.00. The van der Waals surface area contributed by atoms with Crippen molar-refractivity contribution in [3.63, 3.8) is 0 Å². The van der Waals surface area contributed by atoms with Crippen LogP contribution in [-0.4, -0.2) is 11.7 Å². The molecule has 0 amide bonds. The zero-order valence-electron chi connectivity index (χ0n) is 9.18. The van der Waals surface area contributed by atoms with Gasteiger partial charge in [0, 0.05) is 6.61 Å². The molecule has 0 saturated heterocycles. The van der Waals surface area contributed by atoms with E-state index in [-0.39, 0.29) is 0 Å². The third-order valence-electron chi connectivity index (χ3n) is 2.37. The highest BCUT2D eigenvalue weighted by Gasteiger charge is 1.94. The molecule has 0 aliphatic carbocycles. The first-order chi connectivity index (χ1) is 6.35. The van der Waals surface area contributed by atoms with Gasteiger partial charge >= 0.3 is 0 Å². The summed E-state index contributed by atoms with van der Waals surface area (Å²) >= 11 is 0. The van der Waals surface area contributed by atoms with Gasteiger partial charge in [-0.05, 0) is 25.7 Å². The number of allylic oxidation sites excluding steroid dienone is 1. The first kappa shape index (κ1) is 12.7. The summed E-state index contributed by atoms with van der Waals surface area (Å²) in [6.07, 6.45) is 10.7. The maximum absolute atomic E-state index is 8.68. The molecule has 0 radical (unpaired) electrons. The second kappa shape index (κ2) is 9.79. The SMILES string of the molecule is CCCCCCC(=CCCO)CC. The van der Waals surface area contributed by atoms with Gasteiger partial charge in [0.1, 0.15) is 0 Å². The number of hydrogen-bond donors (Lipinski definition) is 1. The quantitative estimate of drug-likeness (QED) is 0.451. The van der Waals surface area contributed by atoms with Crippen LogP contribution in [0.5, 0.6) is 0 Å². The monoisotopic (exact) mass is 184 g/mol. The van der Waals surface area contributed by atoms with Crippen LogP contribution in [0.25, 0.3) is 0 Å². The highest BCUT2D eigenvalue weighted by atomic mass is 16.2. The summed E-state index contributed by atoms with van der Waals surface area (Å²) in [6.45, 7) is 4.73. The Morgan fingerprint density at radius 1 is 1.15 bits per heavy atom. The minimum Gasteiger partial charge on any atom is -0.396 e. The molecule has 0 spiro atoms. The van der Waals surface area contributed by atoms with Crippen molar-refractivity contribution >= 4 is 0 Å². The lowest BCUT2D eigenvalue weighted by Gasteiger charge is -2.03. The predicted molar refractivity (Wildman–Crippen MR) is 58.8 cm³/mol. The van der Waals surface area contributed by atoms with Crippen LogP contribution >= 0.6 is 0 Å². The Bertz CT molecular complexity index is 127. The van der Waals surface area contributed by atoms with Crippen molar-refractivity contribution in [1.29, 1.82) is 0 Å². The molecular weight excluding hydrogens is 160 g/mol. The average molecular weight is 184 g/mol. The maximum atomic E-state index is 8.68. The van der Waals surface area contributed by atoms with Gasteiger partial charge in [0.15, 0.2) is 0 Å². The molecule has 0 rings (SSSR count). The summed E-state index contributed by atoms with van der Waals surface area (Å²) in [6, 6.07) is 0. The molecule has 0 unspecified atom stereocenters. The summed E-state index contributed by atoms with van der Waals surface area (Å²) < 4.78 is 0. The predicted octanol–water partition coefficient (Wildman–Crippen LogP) is 3.68. The fraction of sp³-hybridized carbons (Fsp3) is 0.833. The summed E-state index contributed by atoms with van der Waals surface area (Å²) in [5.74, 6) is 0. The molecule has 0 atom stereocenters. The van der Waals surface area contributed by atoms with Crippen LogP contribution in [0.1, 0.15) is 58.8 Å². The fourth-order valence-corrected chi connectivity index (χ4v) is 1.47. The van der Waals surface area contributed by atoms with Crippen LogP contribution in [-0.2, 0) is 0 Å². The standard InChI is InChI=1S/C12H24O/c1-3-5-6-7-9-12(4-2)10-8-11-13/h10,13H,3-9,11H2,1-2H3. The lowest BCUT2D eigenvalue weighted by atomic mass is 10.0. The van der Waals surface area contributed by atoms with E-state index < -0.39 is 0 Å². The third kappa shape index (κ3) is 8.04. The Kier molecular flexibility index (Phi) is 9.56. The van der Waals surface area contributed by atoms with Crippen molar-refractivity contribution in [3.05, 3.63) is 11.6 Å². The lowest BCUT2D eigenvalue weighted by molar-refractivity contribution is 0.302. The number of rotatable bonds is 8. The maximum Gasteiger partial charge on any atom is 0.0465 e. The Morgan fingerprint density at radius 2 is 1.92 bits per heavy atom. The third-order valence-corrected chi connectivity index (χ3v) is 2.37. The minimum atomic E-state index is 0.290. The molecule has 13 heavy (non-hydrogen) atoms. The molecule has 0 fully saturated rings. The second-order valence-electron chi connectivity index (χ2n) is 3.54. The van der Waals surface area contributed by atoms with E-state index in [1.54, 1.807) is 0 Å². The van der Waals surface area contributed by atoms with E-state index in [1.807, 2.05) is 0 Å². The average Bonchev–Trinajstić information content (AvgIpc) is 2.17. The van der Waals surface area contributed by atoms with Crippen molar-refractivity contribution in [3.8, 4) is 0 Å². The molecule has 0 aromatic heterocycles. The van der Waals surface area contributed by atoms with Gasteiger partial charge in [0.25, 0.3) is 0 Å². The first-order valence-electron chi connectivity index (χ1n) is 5.63. The number of unbranched alkanes of at least 4 members (excludes halogenated alkanes) is 3. The highest BCUT2D eigenvalue weighted by Crippen LogP contribution is 2.13. The van der Waals surface area contributed by atoms with Crippen LogP contribution in [0.3, 0.4) is 0 Å². The molecule has 0 aromatic rings. The van der Waals surface area contributed by atoms with E-state index in [1.165, 1.54) is 37.7 Å². The molecule has 0 heterocycles. The van der Waals surface area contributed by atoms with Gasteiger partial charge in [-0.3, -0.25) is 0 Å². The van der Waals surface area contributed by atoms with E-state index in [0.29, 0.717) is 6.61 Å². The number of hydrogen-bond acceptors (Lipinski definition) is 1. The summed E-state index contributed by atoms with van der Waals surface area (Å²) in [5, 5.41) is 8.68. The fourth-order valence-electron chi connectivity index (χ4n) is 1.47. The molecule has 0 saturated carbocycles. The molecule has 0 aliphatic heterocycles. The van der Waals surface area contributed by atoms with Crippen molar-refractivity contribution in [2.75, 3.05) is 6.61 Å².